The van der Waals surface area contributed by atoms with Crippen LogP contribution in [0.1, 0.15) is 40.0 Å². The fraction of sp³-hybridized carbons (Fsp3) is 0.238. The van der Waals surface area contributed by atoms with E-state index in [-0.39, 0.29) is 18.4 Å². The monoisotopic (exact) mass is 335 g/mol. The molecule has 0 radical (unpaired) electrons. The van der Waals surface area contributed by atoms with Gasteiger partial charge in [-0.3, -0.25) is 4.98 Å². The molecule has 1 aliphatic rings. The van der Waals surface area contributed by atoms with Crippen LogP contribution >= 0.6 is 0 Å². The number of rotatable bonds is 3. The van der Waals surface area contributed by atoms with Crippen molar-refractivity contribution in [1.29, 1.82) is 0 Å². The van der Waals surface area contributed by atoms with Crippen LogP contribution in [-0.4, -0.2) is 11.0 Å². The quantitative estimate of drug-likeness (QED) is 0.656. The van der Waals surface area contributed by atoms with Gasteiger partial charge in [-0.05, 0) is 55.0 Å². The molecule has 4 rings (SSSR count). The fourth-order valence-corrected chi connectivity index (χ4v) is 3.41. The molecule has 126 valence electrons. The molecule has 1 heterocycles. The maximum atomic E-state index is 13.0. The summed E-state index contributed by atoms with van der Waals surface area (Å²) in [7, 11) is 0. The van der Waals surface area contributed by atoms with Crippen molar-refractivity contribution in [3.05, 3.63) is 76.7 Å². The number of pyridine rings is 1. The van der Waals surface area contributed by atoms with Crippen molar-refractivity contribution in [2.45, 2.75) is 32.3 Å². The number of esters is 1. The Morgan fingerprint density at radius 3 is 2.64 bits per heavy atom. The van der Waals surface area contributed by atoms with Crippen LogP contribution in [0.25, 0.3) is 10.9 Å². The van der Waals surface area contributed by atoms with Crippen molar-refractivity contribution in [2.24, 2.45) is 0 Å². The number of nitrogens with zero attached hydrogens (tertiary/aromatic N) is 1. The van der Waals surface area contributed by atoms with Crippen molar-refractivity contribution < 1.29 is 13.9 Å². The number of benzene rings is 2. The SMILES string of the molecule is O=C(OCc1ccc(F)cc1)c1c2c(nc3ccccc13)CCCC2. The molecule has 0 N–H and O–H groups in total. The van der Waals surface area contributed by atoms with Gasteiger partial charge in [-0.1, -0.05) is 30.3 Å². The second kappa shape index (κ2) is 6.63. The first kappa shape index (κ1) is 15.8. The van der Waals surface area contributed by atoms with Gasteiger partial charge in [0.1, 0.15) is 12.4 Å². The average Bonchev–Trinajstić information content (AvgIpc) is 2.65. The molecule has 25 heavy (non-hydrogen) atoms. The van der Waals surface area contributed by atoms with Gasteiger partial charge >= 0.3 is 5.97 Å². The number of aromatic nitrogens is 1. The Balaban J connectivity index is 1.69. The van der Waals surface area contributed by atoms with Crippen LogP contribution in [0.5, 0.6) is 0 Å². The molecule has 0 saturated carbocycles. The molecule has 3 aromatic rings. The third-order valence-electron chi connectivity index (χ3n) is 4.66. The van der Waals surface area contributed by atoms with Crippen LogP contribution in [0.15, 0.2) is 48.5 Å². The normalized spacial score (nSPS) is 13.5. The Morgan fingerprint density at radius 2 is 1.80 bits per heavy atom. The summed E-state index contributed by atoms with van der Waals surface area (Å²) in [5.41, 5.74) is 4.27. The molecule has 0 unspecified atom stereocenters. The molecule has 0 saturated heterocycles. The van der Waals surface area contributed by atoms with Gasteiger partial charge in [-0.25, -0.2) is 9.18 Å². The number of halogens is 1. The van der Waals surface area contributed by atoms with E-state index < -0.39 is 0 Å². The van der Waals surface area contributed by atoms with Crippen LogP contribution in [0.4, 0.5) is 4.39 Å². The number of fused-ring (bicyclic) bond motifs is 2. The van der Waals surface area contributed by atoms with Gasteiger partial charge in [0.25, 0.3) is 0 Å². The highest BCUT2D eigenvalue weighted by Gasteiger charge is 2.23. The van der Waals surface area contributed by atoms with Gasteiger partial charge < -0.3 is 4.74 Å². The molecule has 0 amide bonds. The third kappa shape index (κ3) is 3.12. The number of aryl methyl sites for hydroxylation is 1. The third-order valence-corrected chi connectivity index (χ3v) is 4.66. The smallest absolute Gasteiger partial charge is 0.339 e. The Bertz CT molecular complexity index is 935. The fourth-order valence-electron chi connectivity index (χ4n) is 3.41. The molecular weight excluding hydrogens is 317 g/mol. The molecule has 0 spiro atoms. The van der Waals surface area contributed by atoms with E-state index in [0.29, 0.717) is 5.56 Å². The van der Waals surface area contributed by atoms with E-state index in [1.165, 1.54) is 12.1 Å². The number of ether oxygens (including phenoxy) is 1. The number of hydrogen-bond donors (Lipinski definition) is 0. The largest absolute Gasteiger partial charge is 0.457 e. The highest BCUT2D eigenvalue weighted by atomic mass is 19.1. The summed E-state index contributed by atoms with van der Waals surface area (Å²) in [4.78, 5) is 17.6. The van der Waals surface area contributed by atoms with Crippen molar-refractivity contribution in [3.63, 3.8) is 0 Å². The van der Waals surface area contributed by atoms with Crippen molar-refractivity contribution in [2.75, 3.05) is 0 Å². The minimum absolute atomic E-state index is 0.130. The molecule has 1 aromatic heterocycles. The Hall–Kier alpha value is -2.75. The molecule has 0 atom stereocenters. The number of carbonyl (C=O) groups excluding carboxylic acids is 1. The van der Waals surface area contributed by atoms with E-state index >= 15 is 0 Å². The molecule has 3 nitrogen and oxygen atoms in total. The predicted octanol–water partition coefficient (Wildman–Crippen LogP) is 4.61. The lowest BCUT2D eigenvalue weighted by molar-refractivity contribution is 0.0473. The molecule has 1 aliphatic carbocycles. The van der Waals surface area contributed by atoms with Crippen LogP contribution < -0.4 is 0 Å². The lowest BCUT2D eigenvalue weighted by Gasteiger charge is -2.20. The van der Waals surface area contributed by atoms with E-state index in [9.17, 15) is 9.18 Å². The van der Waals surface area contributed by atoms with Crippen LogP contribution in [0.2, 0.25) is 0 Å². The average molecular weight is 335 g/mol. The first-order valence-electron chi connectivity index (χ1n) is 8.54. The van der Waals surface area contributed by atoms with Gasteiger partial charge in [0.15, 0.2) is 0 Å². The van der Waals surface area contributed by atoms with E-state index in [1.807, 2.05) is 24.3 Å². The van der Waals surface area contributed by atoms with Crippen LogP contribution in [-0.2, 0) is 24.2 Å². The van der Waals surface area contributed by atoms with Gasteiger partial charge in [0.05, 0.1) is 11.1 Å². The van der Waals surface area contributed by atoms with Crippen LogP contribution in [0.3, 0.4) is 0 Å². The first-order valence-corrected chi connectivity index (χ1v) is 8.54. The molecule has 2 aromatic carbocycles. The van der Waals surface area contributed by atoms with E-state index in [0.717, 1.165) is 53.4 Å². The maximum Gasteiger partial charge on any atom is 0.339 e. The maximum absolute atomic E-state index is 13.0. The van der Waals surface area contributed by atoms with Crippen molar-refractivity contribution >= 4 is 16.9 Å². The van der Waals surface area contributed by atoms with Crippen LogP contribution in [0, 0.1) is 5.82 Å². The second-order valence-corrected chi connectivity index (χ2v) is 6.34. The molecule has 4 heteroatoms. The topological polar surface area (TPSA) is 39.2 Å². The highest BCUT2D eigenvalue weighted by Crippen LogP contribution is 2.30. The zero-order valence-corrected chi connectivity index (χ0v) is 13.8. The standard InChI is InChI=1S/C21H18FNO2/c22-15-11-9-14(10-12-15)13-25-21(24)20-16-5-1-3-7-18(16)23-19-8-4-2-6-17(19)20/h1,3,5,7,9-12H,2,4,6,8,13H2. The van der Waals surface area contributed by atoms with Gasteiger partial charge in [-0.15, -0.1) is 0 Å². The highest BCUT2D eigenvalue weighted by molar-refractivity contribution is 6.05. The van der Waals surface area contributed by atoms with E-state index in [4.69, 9.17) is 9.72 Å². The zero-order chi connectivity index (χ0) is 17.2. The van der Waals surface area contributed by atoms with Crippen molar-refractivity contribution in [1.82, 2.24) is 4.98 Å². The molecule has 0 aliphatic heterocycles. The Morgan fingerprint density at radius 1 is 1.04 bits per heavy atom. The molecular formula is C21H18FNO2. The van der Waals surface area contributed by atoms with E-state index in [2.05, 4.69) is 0 Å². The first-order chi connectivity index (χ1) is 12.2. The minimum Gasteiger partial charge on any atom is -0.457 e. The van der Waals surface area contributed by atoms with Gasteiger partial charge in [0.2, 0.25) is 0 Å². The summed E-state index contributed by atoms with van der Waals surface area (Å²) in [6, 6.07) is 13.7. The summed E-state index contributed by atoms with van der Waals surface area (Å²) in [5.74, 6) is -0.634. The molecule has 0 fully saturated rings. The zero-order valence-electron chi connectivity index (χ0n) is 13.8. The second-order valence-electron chi connectivity index (χ2n) is 6.34. The minimum atomic E-state index is -0.332. The Kier molecular flexibility index (Phi) is 4.18. The lowest BCUT2D eigenvalue weighted by Crippen LogP contribution is -2.15. The number of carbonyl (C=O) groups is 1. The van der Waals surface area contributed by atoms with Crippen molar-refractivity contribution in [3.8, 4) is 0 Å². The predicted molar refractivity (Wildman–Crippen MR) is 93.9 cm³/mol. The summed E-state index contributed by atoms with van der Waals surface area (Å²) in [6.45, 7) is 0.130. The summed E-state index contributed by atoms with van der Waals surface area (Å²) < 4.78 is 18.5. The summed E-state index contributed by atoms with van der Waals surface area (Å²) in [5, 5.41) is 0.840. The summed E-state index contributed by atoms with van der Waals surface area (Å²) >= 11 is 0. The summed E-state index contributed by atoms with van der Waals surface area (Å²) in [6.07, 6.45) is 3.92. The Labute approximate surface area is 145 Å². The van der Waals surface area contributed by atoms with E-state index in [1.54, 1.807) is 12.1 Å². The number of para-hydroxylation sites is 1. The van der Waals surface area contributed by atoms with Gasteiger partial charge in [-0.2, -0.15) is 0 Å². The van der Waals surface area contributed by atoms with Gasteiger partial charge in [0, 0.05) is 11.1 Å². The molecule has 0 bridgehead atoms. The lowest BCUT2D eigenvalue weighted by atomic mass is 9.90. The number of hydrogen-bond acceptors (Lipinski definition) is 3.